The third-order valence-electron chi connectivity index (χ3n) is 3.21. The van der Waals surface area contributed by atoms with Gasteiger partial charge in [-0.1, -0.05) is 26.2 Å². The van der Waals surface area contributed by atoms with Crippen LogP contribution in [-0.2, 0) is 0 Å². The van der Waals surface area contributed by atoms with E-state index >= 15 is 0 Å². The van der Waals surface area contributed by atoms with E-state index < -0.39 is 0 Å². The van der Waals surface area contributed by atoms with Gasteiger partial charge >= 0.3 is 6.03 Å². The molecular weight excluding hydrogens is 200 g/mol. The van der Waals surface area contributed by atoms with E-state index in [9.17, 15) is 4.79 Å². The Labute approximate surface area is 99.6 Å². The van der Waals surface area contributed by atoms with Crippen molar-refractivity contribution < 1.29 is 4.79 Å². The fourth-order valence-electron chi connectivity index (χ4n) is 2.33. The number of nitrogens with zero attached hydrogens (tertiary/aromatic N) is 1. The van der Waals surface area contributed by atoms with E-state index in [1.807, 2.05) is 4.90 Å². The fraction of sp³-hybridized carbons (Fsp3) is 0.923. The molecule has 3 heteroatoms. The molecule has 1 N–H and O–H groups in total. The number of carbonyl (C=O) groups is 1. The number of rotatable bonds is 3. The van der Waals surface area contributed by atoms with Crippen molar-refractivity contribution in [1.29, 1.82) is 0 Å². The van der Waals surface area contributed by atoms with Gasteiger partial charge in [-0.3, -0.25) is 0 Å². The van der Waals surface area contributed by atoms with Gasteiger partial charge in [0.1, 0.15) is 0 Å². The summed E-state index contributed by atoms with van der Waals surface area (Å²) in [4.78, 5) is 14.0. The molecule has 0 aliphatic carbocycles. The molecule has 0 radical (unpaired) electrons. The average molecular weight is 226 g/mol. The van der Waals surface area contributed by atoms with Crippen LogP contribution >= 0.6 is 0 Å². The van der Waals surface area contributed by atoms with E-state index in [1.54, 1.807) is 0 Å². The summed E-state index contributed by atoms with van der Waals surface area (Å²) in [6.07, 6.45) is 6.98. The molecule has 0 atom stereocenters. The Kier molecular flexibility index (Phi) is 5.10. The highest BCUT2D eigenvalue weighted by Gasteiger charge is 2.23. The Morgan fingerprint density at radius 1 is 1.19 bits per heavy atom. The van der Waals surface area contributed by atoms with E-state index in [-0.39, 0.29) is 11.6 Å². The summed E-state index contributed by atoms with van der Waals surface area (Å²) >= 11 is 0. The number of carbonyl (C=O) groups excluding carboxylic acids is 1. The van der Waals surface area contributed by atoms with E-state index in [2.05, 4.69) is 26.1 Å². The zero-order valence-corrected chi connectivity index (χ0v) is 11.0. The molecule has 0 spiro atoms. The van der Waals surface area contributed by atoms with Crippen molar-refractivity contribution >= 4 is 6.03 Å². The minimum Gasteiger partial charge on any atom is -0.333 e. The quantitative estimate of drug-likeness (QED) is 0.787. The molecule has 1 fully saturated rings. The summed E-state index contributed by atoms with van der Waals surface area (Å²) in [5.41, 5.74) is -0.0713. The molecule has 0 aromatic heterocycles. The second-order valence-corrected chi connectivity index (χ2v) is 5.47. The molecule has 0 bridgehead atoms. The van der Waals surface area contributed by atoms with Gasteiger partial charge in [-0.05, 0) is 33.1 Å². The van der Waals surface area contributed by atoms with Crippen LogP contribution in [0.5, 0.6) is 0 Å². The maximum absolute atomic E-state index is 12.1. The monoisotopic (exact) mass is 226 g/mol. The minimum atomic E-state index is -0.0713. The van der Waals surface area contributed by atoms with Crippen molar-refractivity contribution in [3.8, 4) is 0 Å². The Morgan fingerprint density at radius 2 is 1.75 bits per heavy atom. The summed E-state index contributed by atoms with van der Waals surface area (Å²) < 4.78 is 0. The SMILES string of the molecule is CCCC(C)(C)NC(=O)N1CCCCCC1. The highest BCUT2D eigenvalue weighted by molar-refractivity contribution is 5.75. The number of hydrogen-bond donors (Lipinski definition) is 1. The fourth-order valence-corrected chi connectivity index (χ4v) is 2.33. The van der Waals surface area contributed by atoms with E-state index in [1.165, 1.54) is 12.8 Å². The second kappa shape index (κ2) is 6.12. The van der Waals surface area contributed by atoms with Gasteiger partial charge in [0, 0.05) is 18.6 Å². The van der Waals surface area contributed by atoms with Gasteiger partial charge in [0.25, 0.3) is 0 Å². The molecule has 1 rings (SSSR count). The first-order chi connectivity index (χ1) is 7.55. The van der Waals surface area contributed by atoms with Gasteiger partial charge in [0.15, 0.2) is 0 Å². The first-order valence-corrected chi connectivity index (χ1v) is 6.62. The van der Waals surface area contributed by atoms with Crippen LogP contribution in [0, 0.1) is 0 Å². The van der Waals surface area contributed by atoms with Crippen molar-refractivity contribution in [2.75, 3.05) is 13.1 Å². The lowest BCUT2D eigenvalue weighted by Crippen LogP contribution is -2.50. The van der Waals surface area contributed by atoms with Gasteiger partial charge in [-0.25, -0.2) is 4.79 Å². The van der Waals surface area contributed by atoms with Crippen molar-refractivity contribution in [2.24, 2.45) is 0 Å². The second-order valence-electron chi connectivity index (χ2n) is 5.47. The van der Waals surface area contributed by atoms with Crippen LogP contribution in [0.3, 0.4) is 0 Å². The van der Waals surface area contributed by atoms with E-state index in [0.717, 1.165) is 38.8 Å². The first kappa shape index (κ1) is 13.3. The minimum absolute atomic E-state index is 0.0713. The average Bonchev–Trinajstić information content (AvgIpc) is 2.44. The Hall–Kier alpha value is -0.730. The van der Waals surface area contributed by atoms with Gasteiger partial charge in [-0.2, -0.15) is 0 Å². The first-order valence-electron chi connectivity index (χ1n) is 6.62. The van der Waals surface area contributed by atoms with Crippen molar-refractivity contribution in [3.63, 3.8) is 0 Å². The lowest BCUT2D eigenvalue weighted by Gasteiger charge is -2.30. The van der Waals surface area contributed by atoms with E-state index in [0.29, 0.717) is 0 Å². The zero-order chi connectivity index (χ0) is 12.0. The molecule has 1 aliphatic rings. The van der Waals surface area contributed by atoms with Crippen LogP contribution in [0.4, 0.5) is 4.79 Å². The molecular formula is C13H26N2O. The van der Waals surface area contributed by atoms with Crippen LogP contribution in [0.1, 0.15) is 59.3 Å². The molecule has 1 aliphatic heterocycles. The van der Waals surface area contributed by atoms with Crippen LogP contribution in [0.15, 0.2) is 0 Å². The number of amides is 2. The molecule has 16 heavy (non-hydrogen) atoms. The van der Waals surface area contributed by atoms with Crippen molar-refractivity contribution in [2.45, 2.75) is 64.8 Å². The van der Waals surface area contributed by atoms with Crippen molar-refractivity contribution in [3.05, 3.63) is 0 Å². The largest absolute Gasteiger partial charge is 0.333 e. The third kappa shape index (κ3) is 4.42. The number of urea groups is 1. The molecule has 3 nitrogen and oxygen atoms in total. The lowest BCUT2D eigenvalue weighted by molar-refractivity contribution is 0.187. The van der Waals surface area contributed by atoms with E-state index in [4.69, 9.17) is 0 Å². The summed E-state index contributed by atoms with van der Waals surface area (Å²) in [5, 5.41) is 3.14. The molecule has 0 aromatic rings. The molecule has 0 aromatic carbocycles. The van der Waals surface area contributed by atoms with Crippen molar-refractivity contribution in [1.82, 2.24) is 10.2 Å². The summed E-state index contributed by atoms with van der Waals surface area (Å²) in [5.74, 6) is 0. The predicted molar refractivity (Wildman–Crippen MR) is 67.6 cm³/mol. The number of likely N-dealkylation sites (tertiary alicyclic amines) is 1. The van der Waals surface area contributed by atoms with Gasteiger partial charge < -0.3 is 10.2 Å². The third-order valence-corrected chi connectivity index (χ3v) is 3.21. The van der Waals surface area contributed by atoms with Crippen LogP contribution < -0.4 is 5.32 Å². The normalized spacial score (nSPS) is 18.1. The van der Waals surface area contributed by atoms with Crippen LogP contribution in [0.2, 0.25) is 0 Å². The van der Waals surface area contributed by atoms with Gasteiger partial charge in [0.05, 0.1) is 0 Å². The topological polar surface area (TPSA) is 32.3 Å². The maximum atomic E-state index is 12.1. The lowest BCUT2D eigenvalue weighted by atomic mass is 9.99. The standard InChI is InChI=1S/C13H26N2O/c1-4-9-13(2,3)14-12(16)15-10-7-5-6-8-11-15/h4-11H2,1-3H3,(H,14,16). The summed E-state index contributed by atoms with van der Waals surface area (Å²) in [6.45, 7) is 8.21. The van der Waals surface area contributed by atoms with Crippen LogP contribution in [-0.4, -0.2) is 29.6 Å². The summed E-state index contributed by atoms with van der Waals surface area (Å²) in [7, 11) is 0. The predicted octanol–water partition coefficient (Wildman–Crippen LogP) is 3.15. The number of hydrogen-bond acceptors (Lipinski definition) is 1. The smallest absolute Gasteiger partial charge is 0.317 e. The Balaban J connectivity index is 2.43. The molecule has 0 saturated carbocycles. The molecule has 0 unspecified atom stereocenters. The summed E-state index contributed by atoms with van der Waals surface area (Å²) in [6, 6.07) is 0.125. The molecule has 1 saturated heterocycles. The maximum Gasteiger partial charge on any atom is 0.317 e. The highest BCUT2D eigenvalue weighted by Crippen LogP contribution is 2.14. The zero-order valence-electron chi connectivity index (χ0n) is 11.0. The highest BCUT2D eigenvalue weighted by atomic mass is 16.2. The molecule has 2 amide bonds. The Bertz CT molecular complexity index is 218. The number of nitrogens with one attached hydrogen (secondary N) is 1. The molecule has 1 heterocycles. The molecule has 94 valence electrons. The van der Waals surface area contributed by atoms with Gasteiger partial charge in [0.2, 0.25) is 0 Å². The van der Waals surface area contributed by atoms with Crippen LogP contribution in [0.25, 0.3) is 0 Å². The Morgan fingerprint density at radius 3 is 2.25 bits per heavy atom. The van der Waals surface area contributed by atoms with Gasteiger partial charge in [-0.15, -0.1) is 0 Å².